The first-order valence-electron chi connectivity index (χ1n) is 9.91. The Morgan fingerprint density at radius 2 is 1.82 bits per heavy atom. The average molecular weight is 498 g/mol. The third-order valence-corrected chi connectivity index (χ3v) is 7.22. The molecular weight excluding hydrogens is 475 g/mol. The van der Waals surface area contributed by atoms with Crippen LogP contribution in [0.25, 0.3) is 0 Å². The molecule has 0 spiro atoms. The van der Waals surface area contributed by atoms with Crippen molar-refractivity contribution in [2.45, 2.75) is 43.5 Å². The van der Waals surface area contributed by atoms with E-state index in [0.29, 0.717) is 17.7 Å². The second kappa shape index (κ2) is 10.8. The Hall–Kier alpha value is -2.96. The summed E-state index contributed by atoms with van der Waals surface area (Å²) in [4.78, 5) is 11.7. The largest absolute Gasteiger partial charge is 0.467 e. The van der Waals surface area contributed by atoms with Crippen molar-refractivity contribution >= 4 is 44.4 Å². The Bertz CT molecular complexity index is 1220. The van der Waals surface area contributed by atoms with Crippen LogP contribution in [0.1, 0.15) is 37.8 Å². The van der Waals surface area contributed by atoms with Gasteiger partial charge in [-0.3, -0.25) is 4.21 Å². The van der Waals surface area contributed by atoms with E-state index in [2.05, 4.69) is 22.6 Å². The summed E-state index contributed by atoms with van der Waals surface area (Å²) in [5, 5.41) is 14.0. The summed E-state index contributed by atoms with van der Waals surface area (Å²) >= 11 is 5.79. The first-order valence-corrected chi connectivity index (χ1v) is 12.0. The molecule has 0 aliphatic carbocycles. The van der Waals surface area contributed by atoms with Crippen molar-refractivity contribution in [1.29, 1.82) is 5.26 Å². The summed E-state index contributed by atoms with van der Waals surface area (Å²) in [6.45, 7) is 4.00. The van der Waals surface area contributed by atoms with Gasteiger partial charge in [-0.1, -0.05) is 30.2 Å². The number of alkyl halides is 3. The molecule has 0 aliphatic rings. The molecule has 2 N–H and O–H groups in total. The molecule has 0 saturated heterocycles. The highest BCUT2D eigenvalue weighted by atomic mass is 35.5. The summed E-state index contributed by atoms with van der Waals surface area (Å²) in [5.41, 5.74) is -2.23. The topological polar surface area (TPSA) is 82.0 Å². The Morgan fingerprint density at radius 3 is 2.36 bits per heavy atom. The number of halogens is 4. The van der Waals surface area contributed by atoms with Gasteiger partial charge in [-0.15, -0.1) is 0 Å². The molecule has 0 saturated carbocycles. The van der Waals surface area contributed by atoms with Crippen LogP contribution >= 0.6 is 11.6 Å². The van der Waals surface area contributed by atoms with Crippen LogP contribution in [0.5, 0.6) is 0 Å². The zero-order valence-electron chi connectivity index (χ0n) is 18.1. The predicted octanol–water partition coefficient (Wildman–Crippen LogP) is 6.74. The molecule has 0 aliphatic heterocycles. The average Bonchev–Trinajstić information content (AvgIpc) is 2.75. The molecular formula is C23H23ClF3N3O2S. The summed E-state index contributed by atoms with van der Waals surface area (Å²) in [5.74, 6) is 2.79. The number of aryl methyl sites for hydroxylation is 1. The molecule has 33 heavy (non-hydrogen) atoms. The molecule has 0 aromatic heterocycles. The van der Waals surface area contributed by atoms with E-state index < -0.39 is 26.0 Å². The highest BCUT2D eigenvalue weighted by molar-refractivity contribution is 8.01. The monoisotopic (exact) mass is 497 g/mol. The fourth-order valence-corrected chi connectivity index (χ4v) is 4.50. The standard InChI is InChI=1S/C23H23ClF3N3O2S/c1-4-15(5-2)6-7-16-12-18(9-8-17(16)14-28)29-22(31)30-19-10-11-20(24)21(13-19)33(3,32)23(25,26)27/h4,8-13H,3,5-7H2,1-2H3,(H2,29,30,31)/b15-4-. The molecule has 0 fully saturated rings. The highest BCUT2D eigenvalue weighted by Gasteiger charge is 2.42. The minimum absolute atomic E-state index is 0.0398. The molecule has 0 bridgehead atoms. The Balaban J connectivity index is 2.21. The maximum atomic E-state index is 13.1. The van der Waals surface area contributed by atoms with Crippen LogP contribution in [-0.4, -0.2) is 21.6 Å². The molecule has 1 atom stereocenters. The Labute approximate surface area is 196 Å². The SMILES string of the molecule is C=S(=O)(c1cc(NC(=O)Nc2ccc(C#N)c(CC/C(=C\C)CC)c2)ccc1Cl)C(F)(F)F. The van der Waals surface area contributed by atoms with Gasteiger partial charge in [-0.2, -0.15) is 18.4 Å². The molecule has 2 aromatic rings. The molecule has 2 aromatic carbocycles. The van der Waals surface area contributed by atoms with E-state index in [1.165, 1.54) is 11.6 Å². The lowest BCUT2D eigenvalue weighted by Crippen LogP contribution is -2.24. The van der Waals surface area contributed by atoms with Crippen LogP contribution in [-0.2, 0) is 15.9 Å². The number of hydrogen-bond acceptors (Lipinski definition) is 3. The predicted molar refractivity (Wildman–Crippen MR) is 127 cm³/mol. The molecule has 176 valence electrons. The van der Waals surface area contributed by atoms with Crippen LogP contribution in [0, 0.1) is 11.3 Å². The van der Waals surface area contributed by atoms with E-state index in [0.717, 1.165) is 30.5 Å². The lowest BCUT2D eigenvalue weighted by molar-refractivity contribution is -0.0392. The van der Waals surface area contributed by atoms with Crippen molar-refractivity contribution in [3.8, 4) is 6.07 Å². The third-order valence-electron chi connectivity index (χ3n) is 4.98. The minimum atomic E-state index is -5.10. The number of urea groups is 1. The van der Waals surface area contributed by atoms with Crippen LogP contribution in [0.15, 0.2) is 52.9 Å². The van der Waals surface area contributed by atoms with Crippen molar-refractivity contribution in [3.63, 3.8) is 0 Å². The molecule has 1 unspecified atom stereocenters. The first-order chi connectivity index (χ1) is 15.4. The van der Waals surface area contributed by atoms with Crippen molar-refractivity contribution in [2.75, 3.05) is 10.6 Å². The quantitative estimate of drug-likeness (QED) is 0.328. The lowest BCUT2D eigenvalue weighted by atomic mass is 9.98. The number of hydrogen-bond donors (Lipinski definition) is 2. The van der Waals surface area contributed by atoms with Gasteiger partial charge in [-0.05, 0) is 74.0 Å². The van der Waals surface area contributed by atoms with Crippen LogP contribution in [0.4, 0.5) is 29.3 Å². The van der Waals surface area contributed by atoms with E-state index in [4.69, 9.17) is 11.6 Å². The maximum Gasteiger partial charge on any atom is 0.467 e. The maximum absolute atomic E-state index is 13.1. The highest BCUT2D eigenvalue weighted by Crippen LogP contribution is 2.35. The summed E-state index contributed by atoms with van der Waals surface area (Å²) in [6, 6.07) is 9.50. The number of anilines is 2. The number of carbonyl (C=O) groups excluding carboxylic acids is 1. The van der Waals surface area contributed by atoms with Crippen LogP contribution in [0.2, 0.25) is 5.02 Å². The molecule has 10 heteroatoms. The van der Waals surface area contributed by atoms with Crippen LogP contribution in [0.3, 0.4) is 0 Å². The van der Waals surface area contributed by atoms with E-state index in [1.807, 2.05) is 19.9 Å². The van der Waals surface area contributed by atoms with Crippen molar-refractivity contribution in [2.24, 2.45) is 0 Å². The van der Waals surface area contributed by atoms with E-state index in [1.54, 1.807) is 18.2 Å². The smallest absolute Gasteiger partial charge is 0.308 e. The fraction of sp³-hybridized carbons (Fsp3) is 0.261. The van der Waals surface area contributed by atoms with Gasteiger partial charge in [0, 0.05) is 11.4 Å². The number of carbonyl (C=O) groups is 1. The van der Waals surface area contributed by atoms with Gasteiger partial charge in [0.2, 0.25) is 0 Å². The zero-order valence-corrected chi connectivity index (χ0v) is 19.6. The van der Waals surface area contributed by atoms with Gasteiger partial charge in [-0.25, -0.2) is 4.79 Å². The number of benzene rings is 2. The number of nitriles is 1. The third kappa shape index (κ3) is 6.53. The minimum Gasteiger partial charge on any atom is -0.308 e. The van der Waals surface area contributed by atoms with Crippen molar-refractivity contribution < 1.29 is 22.2 Å². The molecule has 0 heterocycles. The van der Waals surface area contributed by atoms with E-state index in [9.17, 15) is 27.4 Å². The van der Waals surface area contributed by atoms with Crippen molar-refractivity contribution in [1.82, 2.24) is 0 Å². The second-order valence-electron chi connectivity index (χ2n) is 7.13. The number of allylic oxidation sites excluding steroid dienone is 2. The van der Waals surface area contributed by atoms with Gasteiger partial charge in [0.05, 0.1) is 31.1 Å². The molecule has 5 nitrogen and oxygen atoms in total. The van der Waals surface area contributed by atoms with Gasteiger partial charge in [0.1, 0.15) is 0 Å². The summed E-state index contributed by atoms with van der Waals surface area (Å²) < 4.78 is 51.5. The number of nitrogens with zero attached hydrogens (tertiary/aromatic N) is 1. The number of amides is 2. The van der Waals surface area contributed by atoms with Gasteiger partial charge in [0.15, 0.2) is 0 Å². The molecule has 0 radical (unpaired) electrons. The Morgan fingerprint density at radius 1 is 1.21 bits per heavy atom. The lowest BCUT2D eigenvalue weighted by Gasteiger charge is -2.16. The molecule has 2 rings (SSSR count). The summed E-state index contributed by atoms with van der Waals surface area (Å²) in [6.07, 6.45) is 4.32. The van der Waals surface area contributed by atoms with Crippen molar-refractivity contribution in [3.05, 3.63) is 64.2 Å². The Kier molecular flexibility index (Phi) is 8.58. The normalized spacial score (nSPS) is 13.7. The fourth-order valence-electron chi connectivity index (χ4n) is 3.06. The second-order valence-corrected chi connectivity index (χ2v) is 9.79. The van der Waals surface area contributed by atoms with Crippen LogP contribution < -0.4 is 10.6 Å². The zero-order chi connectivity index (χ0) is 24.8. The summed E-state index contributed by atoms with van der Waals surface area (Å²) in [7, 11) is -4.69. The molecule has 2 amide bonds. The van der Waals surface area contributed by atoms with E-state index >= 15 is 0 Å². The number of rotatable bonds is 7. The first kappa shape index (κ1) is 26.3. The van der Waals surface area contributed by atoms with E-state index in [-0.39, 0.29) is 10.7 Å². The van der Waals surface area contributed by atoms with Gasteiger partial charge in [0.25, 0.3) is 0 Å². The van der Waals surface area contributed by atoms with Gasteiger partial charge >= 0.3 is 11.5 Å². The number of nitrogens with one attached hydrogen (secondary N) is 2. The van der Waals surface area contributed by atoms with Gasteiger partial charge < -0.3 is 10.6 Å².